The molecule has 1 aliphatic heterocycles. The van der Waals surface area contributed by atoms with E-state index in [1.807, 2.05) is 35.2 Å². The lowest BCUT2D eigenvalue weighted by Crippen LogP contribution is -2.37. The van der Waals surface area contributed by atoms with Gasteiger partial charge < -0.3 is 14.4 Å². The van der Waals surface area contributed by atoms with Gasteiger partial charge in [-0.15, -0.1) is 0 Å². The second-order valence-corrected chi connectivity index (χ2v) is 4.45. The summed E-state index contributed by atoms with van der Waals surface area (Å²) >= 11 is 0. The summed E-state index contributed by atoms with van der Waals surface area (Å²) in [6, 6.07) is 9.21. The molecule has 1 aromatic carbocycles. The average Bonchev–Trinajstić information content (AvgIpc) is 2.98. The number of hydrogen-bond donors (Lipinski definition) is 1. The van der Waals surface area contributed by atoms with E-state index in [2.05, 4.69) is 0 Å². The maximum absolute atomic E-state index is 11.3. The van der Waals surface area contributed by atoms with E-state index in [0.717, 1.165) is 16.8 Å². The van der Waals surface area contributed by atoms with Crippen LogP contribution in [0.5, 0.6) is 0 Å². The van der Waals surface area contributed by atoms with Crippen molar-refractivity contribution in [2.24, 2.45) is 0 Å². The van der Waals surface area contributed by atoms with Crippen LogP contribution in [-0.2, 0) is 17.8 Å². The zero-order valence-electron chi connectivity index (χ0n) is 9.74. The zero-order valence-corrected chi connectivity index (χ0v) is 9.74. The molecular weight excluding hydrogens is 230 g/mol. The lowest BCUT2D eigenvalue weighted by molar-refractivity contribution is -0.138. The number of benzene rings is 1. The van der Waals surface area contributed by atoms with Gasteiger partial charge in [-0.05, 0) is 17.7 Å². The summed E-state index contributed by atoms with van der Waals surface area (Å²) in [5.74, 6) is -0.783. The van der Waals surface area contributed by atoms with Crippen molar-refractivity contribution < 1.29 is 14.3 Å². The van der Waals surface area contributed by atoms with Gasteiger partial charge in [0.05, 0.1) is 12.5 Å². The number of carboxylic acids is 1. The van der Waals surface area contributed by atoms with E-state index in [0.29, 0.717) is 13.0 Å². The van der Waals surface area contributed by atoms with Crippen molar-refractivity contribution in [3.05, 3.63) is 54.0 Å². The summed E-state index contributed by atoms with van der Waals surface area (Å²) in [5, 5.41) is 9.32. The lowest BCUT2D eigenvalue weighted by Gasteiger charge is -2.23. The van der Waals surface area contributed by atoms with Gasteiger partial charge in [-0.25, -0.2) is 4.79 Å². The summed E-state index contributed by atoms with van der Waals surface area (Å²) in [7, 11) is 0. The van der Waals surface area contributed by atoms with Crippen LogP contribution in [0.25, 0.3) is 0 Å². The summed E-state index contributed by atoms with van der Waals surface area (Å²) in [6.45, 7) is 0.560. The molecule has 0 saturated heterocycles. The molecule has 1 aliphatic rings. The van der Waals surface area contributed by atoms with Crippen LogP contribution in [0.3, 0.4) is 0 Å². The highest BCUT2D eigenvalue weighted by Gasteiger charge is 2.34. The van der Waals surface area contributed by atoms with Gasteiger partial charge in [-0.2, -0.15) is 0 Å². The normalized spacial score (nSPS) is 17.8. The Balaban J connectivity index is 1.95. The van der Waals surface area contributed by atoms with Crippen molar-refractivity contribution in [2.45, 2.75) is 19.0 Å². The van der Waals surface area contributed by atoms with Crippen molar-refractivity contribution in [1.82, 2.24) is 0 Å². The highest BCUT2D eigenvalue weighted by atomic mass is 16.4. The number of para-hydroxylation sites is 1. The average molecular weight is 243 g/mol. The Morgan fingerprint density at radius 1 is 1.39 bits per heavy atom. The summed E-state index contributed by atoms with van der Waals surface area (Å²) in [6.07, 6.45) is 3.82. The van der Waals surface area contributed by atoms with Crippen LogP contribution in [0.15, 0.2) is 47.3 Å². The van der Waals surface area contributed by atoms with Gasteiger partial charge in [0.15, 0.2) is 0 Å². The Labute approximate surface area is 104 Å². The Hall–Kier alpha value is -2.23. The van der Waals surface area contributed by atoms with Gasteiger partial charge in [-0.3, -0.25) is 0 Å². The monoisotopic (exact) mass is 243 g/mol. The summed E-state index contributed by atoms with van der Waals surface area (Å²) in [4.78, 5) is 13.3. The molecule has 0 bridgehead atoms. The Bertz CT molecular complexity index is 562. The Morgan fingerprint density at radius 2 is 2.22 bits per heavy atom. The van der Waals surface area contributed by atoms with Crippen LogP contribution in [0.1, 0.15) is 11.1 Å². The molecule has 0 fully saturated rings. The van der Waals surface area contributed by atoms with E-state index in [-0.39, 0.29) is 0 Å². The number of carbonyl (C=O) groups is 1. The molecule has 1 N–H and O–H groups in total. The number of hydrogen-bond acceptors (Lipinski definition) is 3. The fourth-order valence-electron chi connectivity index (χ4n) is 2.45. The Morgan fingerprint density at radius 3 is 2.94 bits per heavy atom. The first-order valence-corrected chi connectivity index (χ1v) is 5.84. The predicted molar refractivity (Wildman–Crippen MR) is 66.5 cm³/mol. The second-order valence-electron chi connectivity index (χ2n) is 4.45. The number of anilines is 1. The molecule has 1 atom stereocenters. The molecule has 0 aliphatic carbocycles. The fraction of sp³-hybridized carbons (Fsp3) is 0.214. The molecule has 18 heavy (non-hydrogen) atoms. The van der Waals surface area contributed by atoms with Gasteiger partial charge in [-0.1, -0.05) is 18.2 Å². The number of fused-ring (bicyclic) bond motifs is 1. The molecule has 3 rings (SSSR count). The minimum atomic E-state index is -0.783. The van der Waals surface area contributed by atoms with Crippen LogP contribution in [0.2, 0.25) is 0 Å². The molecule has 0 spiro atoms. The lowest BCUT2D eigenvalue weighted by atomic mass is 10.1. The van der Waals surface area contributed by atoms with E-state index in [1.54, 1.807) is 12.5 Å². The van der Waals surface area contributed by atoms with Crippen molar-refractivity contribution in [2.75, 3.05) is 4.90 Å². The first-order chi connectivity index (χ1) is 8.75. The third-order valence-electron chi connectivity index (χ3n) is 3.31. The van der Waals surface area contributed by atoms with E-state index in [4.69, 9.17) is 4.42 Å². The largest absolute Gasteiger partial charge is 0.480 e. The molecule has 0 radical (unpaired) electrons. The molecule has 1 unspecified atom stereocenters. The van der Waals surface area contributed by atoms with Crippen molar-refractivity contribution in [1.29, 1.82) is 0 Å². The van der Waals surface area contributed by atoms with Crippen molar-refractivity contribution in [3.8, 4) is 0 Å². The van der Waals surface area contributed by atoms with Gasteiger partial charge in [0, 0.05) is 24.2 Å². The highest BCUT2D eigenvalue weighted by Crippen LogP contribution is 2.33. The minimum Gasteiger partial charge on any atom is -0.480 e. The third kappa shape index (κ3) is 1.76. The van der Waals surface area contributed by atoms with E-state index < -0.39 is 12.0 Å². The van der Waals surface area contributed by atoms with Crippen LogP contribution in [0, 0.1) is 0 Å². The predicted octanol–water partition coefficient (Wildman–Crippen LogP) is 2.30. The number of furan rings is 1. The molecular formula is C14H13NO3. The van der Waals surface area contributed by atoms with E-state index >= 15 is 0 Å². The molecule has 4 heteroatoms. The summed E-state index contributed by atoms with van der Waals surface area (Å²) in [5.41, 5.74) is 3.08. The van der Waals surface area contributed by atoms with Gasteiger partial charge >= 0.3 is 5.97 Å². The highest BCUT2D eigenvalue weighted by molar-refractivity contribution is 5.82. The van der Waals surface area contributed by atoms with Crippen molar-refractivity contribution >= 4 is 11.7 Å². The van der Waals surface area contributed by atoms with Crippen molar-refractivity contribution in [3.63, 3.8) is 0 Å². The first-order valence-electron chi connectivity index (χ1n) is 5.84. The SMILES string of the molecule is O=C(O)C1Cc2ccccc2N1Cc1ccoc1. The van der Waals surface area contributed by atoms with Gasteiger partial charge in [0.25, 0.3) is 0 Å². The second kappa shape index (κ2) is 4.22. The quantitative estimate of drug-likeness (QED) is 0.898. The number of aliphatic carboxylic acids is 1. The smallest absolute Gasteiger partial charge is 0.326 e. The van der Waals surface area contributed by atoms with Gasteiger partial charge in [0.2, 0.25) is 0 Å². The van der Waals surface area contributed by atoms with Crippen LogP contribution >= 0.6 is 0 Å². The molecule has 4 nitrogen and oxygen atoms in total. The van der Waals surface area contributed by atoms with Crippen LogP contribution in [-0.4, -0.2) is 17.1 Å². The maximum atomic E-state index is 11.3. The third-order valence-corrected chi connectivity index (χ3v) is 3.31. The minimum absolute atomic E-state index is 0.489. The fourth-order valence-corrected chi connectivity index (χ4v) is 2.45. The number of rotatable bonds is 3. The number of nitrogens with zero attached hydrogens (tertiary/aromatic N) is 1. The van der Waals surface area contributed by atoms with Gasteiger partial charge in [0.1, 0.15) is 6.04 Å². The molecule has 2 aromatic rings. The molecule has 0 saturated carbocycles. The molecule has 1 aromatic heterocycles. The summed E-state index contributed by atoms with van der Waals surface area (Å²) < 4.78 is 5.03. The van der Waals surface area contributed by atoms with Crippen LogP contribution in [0.4, 0.5) is 5.69 Å². The first kappa shape index (κ1) is 10.9. The topological polar surface area (TPSA) is 53.7 Å². The standard InChI is InChI=1S/C14H13NO3/c16-14(17)13-7-11-3-1-2-4-12(11)15(13)8-10-5-6-18-9-10/h1-6,9,13H,7-8H2,(H,16,17). The van der Waals surface area contributed by atoms with E-state index in [1.165, 1.54) is 0 Å². The molecule has 92 valence electrons. The maximum Gasteiger partial charge on any atom is 0.326 e. The zero-order chi connectivity index (χ0) is 12.5. The molecule has 0 amide bonds. The van der Waals surface area contributed by atoms with Crippen LogP contribution < -0.4 is 4.90 Å². The Kier molecular flexibility index (Phi) is 2.55. The van der Waals surface area contributed by atoms with E-state index in [9.17, 15) is 9.90 Å². The molecule has 2 heterocycles. The number of carboxylic acid groups (broad SMARTS) is 1.